The number of hydrogen-bond donors (Lipinski definition) is 1. The van der Waals surface area contributed by atoms with Crippen LogP contribution in [0.5, 0.6) is 5.75 Å². The first-order chi connectivity index (χ1) is 16.0. The summed E-state index contributed by atoms with van der Waals surface area (Å²) in [5.74, 6) is 0.778. The summed E-state index contributed by atoms with van der Waals surface area (Å²) in [6, 6.07) is 14.7. The Kier molecular flexibility index (Phi) is 5.85. The highest BCUT2D eigenvalue weighted by Crippen LogP contribution is 2.37. The topological polar surface area (TPSA) is 81.3 Å². The van der Waals surface area contributed by atoms with E-state index in [2.05, 4.69) is 52.1 Å². The minimum Gasteiger partial charge on any atom is -0.490 e. The molecule has 6 heteroatoms. The Morgan fingerprint density at radius 3 is 2.85 bits per heavy atom. The van der Waals surface area contributed by atoms with Gasteiger partial charge in [0.15, 0.2) is 0 Å². The number of nitrogens with two attached hydrogens (primary N) is 1. The molecule has 3 heterocycles. The largest absolute Gasteiger partial charge is 0.490 e. The van der Waals surface area contributed by atoms with Gasteiger partial charge in [0.2, 0.25) is 5.91 Å². The van der Waals surface area contributed by atoms with Crippen LogP contribution >= 0.6 is 0 Å². The Morgan fingerprint density at radius 1 is 1.21 bits per heavy atom. The second-order valence-corrected chi connectivity index (χ2v) is 9.49. The zero-order valence-electron chi connectivity index (χ0n) is 19.0. The molecule has 2 unspecified atom stereocenters. The van der Waals surface area contributed by atoms with Crippen LogP contribution in [-0.4, -0.2) is 40.0 Å². The first kappa shape index (κ1) is 21.6. The van der Waals surface area contributed by atoms with Crippen LogP contribution in [0.25, 0.3) is 11.1 Å². The summed E-state index contributed by atoms with van der Waals surface area (Å²) in [4.78, 5) is 23.6. The van der Waals surface area contributed by atoms with Crippen LogP contribution in [0.2, 0.25) is 0 Å². The van der Waals surface area contributed by atoms with Crippen LogP contribution in [-0.2, 0) is 24.2 Å². The molecule has 170 valence electrons. The number of carbonyl (C=O) groups is 1. The molecule has 1 amide bonds. The smallest absolute Gasteiger partial charge is 0.225 e. The van der Waals surface area contributed by atoms with Gasteiger partial charge in [-0.3, -0.25) is 9.69 Å². The van der Waals surface area contributed by atoms with E-state index in [0.717, 1.165) is 54.8 Å². The molecule has 0 spiro atoms. The second kappa shape index (κ2) is 8.94. The van der Waals surface area contributed by atoms with Crippen molar-refractivity contribution in [2.75, 3.05) is 13.1 Å². The summed E-state index contributed by atoms with van der Waals surface area (Å²) >= 11 is 0. The first-order valence-electron chi connectivity index (χ1n) is 11.7. The Bertz CT molecular complexity index is 1150. The number of primary amides is 1. The Balaban J connectivity index is 1.38. The fraction of sp³-hybridized carbons (Fsp3) is 0.370. The lowest BCUT2D eigenvalue weighted by atomic mass is 9.73. The standard InChI is InChI=1S/C27H30N4O2/c1-19-11-22-12-20(7-8-25(22)33-19)16-31-10-4-9-27(17-31,26(28)32)13-21-5-2-3-6-24(21)23-14-29-18-30-15-23/h2-3,5-8,12,14-15,18-19H,4,9-11,13,16-17H2,1H3,(H2,28,32). The predicted octanol–water partition coefficient (Wildman–Crippen LogP) is 3.78. The van der Waals surface area contributed by atoms with E-state index < -0.39 is 5.41 Å². The highest BCUT2D eigenvalue weighted by atomic mass is 16.5. The minimum absolute atomic E-state index is 0.220. The molecular formula is C27H30N4O2. The molecule has 1 fully saturated rings. The van der Waals surface area contributed by atoms with Crippen LogP contribution in [0.3, 0.4) is 0 Å². The van der Waals surface area contributed by atoms with Crippen molar-refractivity contribution >= 4 is 5.91 Å². The zero-order chi connectivity index (χ0) is 22.8. The number of amides is 1. The van der Waals surface area contributed by atoms with Crippen LogP contribution < -0.4 is 10.5 Å². The molecule has 2 atom stereocenters. The molecule has 2 aliphatic heterocycles. The summed E-state index contributed by atoms with van der Waals surface area (Å²) in [7, 11) is 0. The van der Waals surface area contributed by atoms with Gasteiger partial charge in [0.25, 0.3) is 0 Å². The summed E-state index contributed by atoms with van der Waals surface area (Å²) in [5.41, 5.74) is 11.1. The van der Waals surface area contributed by atoms with Crippen LogP contribution in [0.15, 0.2) is 61.2 Å². The van der Waals surface area contributed by atoms with Gasteiger partial charge in [0.1, 0.15) is 18.2 Å². The van der Waals surface area contributed by atoms with Gasteiger partial charge in [-0.15, -0.1) is 0 Å². The average molecular weight is 443 g/mol. The number of aromatic nitrogens is 2. The van der Waals surface area contributed by atoms with Gasteiger partial charge in [0.05, 0.1) is 5.41 Å². The number of nitrogens with zero attached hydrogens (tertiary/aromatic N) is 3. The van der Waals surface area contributed by atoms with Crippen LogP contribution in [0.1, 0.15) is 36.5 Å². The SMILES string of the molecule is CC1Cc2cc(CN3CCCC(Cc4ccccc4-c4cncnc4)(C(N)=O)C3)ccc2O1. The number of carbonyl (C=O) groups excluding carboxylic acids is 1. The van der Waals surface area contributed by atoms with E-state index in [1.54, 1.807) is 0 Å². The van der Waals surface area contributed by atoms with E-state index in [1.807, 2.05) is 24.5 Å². The lowest BCUT2D eigenvalue weighted by Gasteiger charge is -2.41. The van der Waals surface area contributed by atoms with Gasteiger partial charge >= 0.3 is 0 Å². The molecule has 1 aromatic heterocycles. The maximum Gasteiger partial charge on any atom is 0.225 e. The lowest BCUT2D eigenvalue weighted by Crippen LogP contribution is -2.51. The van der Waals surface area contributed by atoms with Gasteiger partial charge in [-0.1, -0.05) is 36.4 Å². The molecule has 0 saturated carbocycles. The highest BCUT2D eigenvalue weighted by Gasteiger charge is 2.41. The van der Waals surface area contributed by atoms with E-state index in [1.165, 1.54) is 17.5 Å². The van der Waals surface area contributed by atoms with Gasteiger partial charge in [0, 0.05) is 37.5 Å². The third-order valence-electron chi connectivity index (χ3n) is 6.96. The molecule has 5 rings (SSSR count). The maximum absolute atomic E-state index is 12.9. The van der Waals surface area contributed by atoms with Crippen molar-refractivity contribution in [1.82, 2.24) is 14.9 Å². The van der Waals surface area contributed by atoms with Gasteiger partial charge < -0.3 is 10.5 Å². The number of benzene rings is 2. The fourth-order valence-corrected chi connectivity index (χ4v) is 5.39. The number of piperidine rings is 1. The van der Waals surface area contributed by atoms with Gasteiger partial charge in [-0.2, -0.15) is 0 Å². The second-order valence-electron chi connectivity index (χ2n) is 9.49. The van der Waals surface area contributed by atoms with Crippen LogP contribution in [0, 0.1) is 5.41 Å². The normalized spacial score (nSPS) is 22.5. The lowest BCUT2D eigenvalue weighted by molar-refractivity contribution is -0.131. The molecule has 1 saturated heterocycles. The minimum atomic E-state index is -0.599. The molecule has 0 bridgehead atoms. The van der Waals surface area contributed by atoms with Crippen molar-refractivity contribution in [2.24, 2.45) is 11.1 Å². The van der Waals surface area contributed by atoms with Crippen molar-refractivity contribution in [3.05, 3.63) is 77.9 Å². The molecule has 2 aromatic carbocycles. The van der Waals surface area contributed by atoms with E-state index in [0.29, 0.717) is 13.0 Å². The van der Waals surface area contributed by atoms with E-state index in [9.17, 15) is 4.79 Å². The molecule has 2 N–H and O–H groups in total. The van der Waals surface area contributed by atoms with Gasteiger partial charge in [-0.05, 0) is 61.1 Å². The summed E-state index contributed by atoms with van der Waals surface area (Å²) in [6.45, 7) is 4.54. The third kappa shape index (κ3) is 4.48. The van der Waals surface area contributed by atoms with Crippen molar-refractivity contribution in [1.29, 1.82) is 0 Å². The quantitative estimate of drug-likeness (QED) is 0.628. The fourth-order valence-electron chi connectivity index (χ4n) is 5.39. The predicted molar refractivity (Wildman–Crippen MR) is 128 cm³/mol. The van der Waals surface area contributed by atoms with Crippen molar-refractivity contribution < 1.29 is 9.53 Å². The summed E-state index contributed by atoms with van der Waals surface area (Å²) < 4.78 is 5.85. The monoisotopic (exact) mass is 442 g/mol. The number of fused-ring (bicyclic) bond motifs is 1. The number of rotatable bonds is 6. The van der Waals surface area contributed by atoms with Crippen molar-refractivity contribution in [3.8, 4) is 16.9 Å². The third-order valence-corrected chi connectivity index (χ3v) is 6.96. The molecule has 0 aliphatic carbocycles. The number of likely N-dealkylation sites (tertiary alicyclic amines) is 1. The van der Waals surface area contributed by atoms with Gasteiger partial charge in [-0.25, -0.2) is 9.97 Å². The molecule has 2 aliphatic rings. The summed E-state index contributed by atoms with van der Waals surface area (Å²) in [5, 5.41) is 0. The first-order valence-corrected chi connectivity index (χ1v) is 11.7. The average Bonchev–Trinajstić information content (AvgIpc) is 3.19. The Morgan fingerprint density at radius 2 is 2.03 bits per heavy atom. The summed E-state index contributed by atoms with van der Waals surface area (Å²) in [6.07, 6.45) is 8.71. The molecule has 6 nitrogen and oxygen atoms in total. The van der Waals surface area contributed by atoms with E-state index in [4.69, 9.17) is 10.5 Å². The molecule has 0 radical (unpaired) electrons. The maximum atomic E-state index is 12.9. The number of hydrogen-bond acceptors (Lipinski definition) is 5. The van der Waals surface area contributed by atoms with E-state index in [-0.39, 0.29) is 12.0 Å². The Hall–Kier alpha value is -3.25. The van der Waals surface area contributed by atoms with E-state index >= 15 is 0 Å². The molecule has 3 aromatic rings. The van der Waals surface area contributed by atoms with Crippen LogP contribution in [0.4, 0.5) is 0 Å². The van der Waals surface area contributed by atoms with Crippen molar-refractivity contribution in [2.45, 2.75) is 45.3 Å². The van der Waals surface area contributed by atoms with Crippen molar-refractivity contribution in [3.63, 3.8) is 0 Å². The molecular weight excluding hydrogens is 412 g/mol. The highest BCUT2D eigenvalue weighted by molar-refractivity contribution is 5.82. The number of ether oxygens (including phenoxy) is 1. The Labute approximate surface area is 194 Å². The molecule has 33 heavy (non-hydrogen) atoms. The zero-order valence-corrected chi connectivity index (χ0v) is 19.0.